The Bertz CT molecular complexity index is 335. The summed E-state index contributed by atoms with van der Waals surface area (Å²) in [5.74, 6) is 2.27. The zero-order chi connectivity index (χ0) is 11.4. The molecule has 1 aromatic rings. The minimum Gasteiger partial charge on any atom is -0.347 e. The van der Waals surface area contributed by atoms with E-state index in [9.17, 15) is 0 Å². The van der Waals surface area contributed by atoms with Crippen molar-refractivity contribution in [1.29, 1.82) is 0 Å². The molecule has 0 atom stereocenters. The summed E-state index contributed by atoms with van der Waals surface area (Å²) in [5, 5.41) is 0. The van der Waals surface area contributed by atoms with E-state index >= 15 is 0 Å². The van der Waals surface area contributed by atoms with Crippen molar-refractivity contribution in [2.75, 3.05) is 0 Å². The second-order valence-corrected chi connectivity index (χ2v) is 5.31. The van der Waals surface area contributed by atoms with Gasteiger partial charge in [0.05, 0.1) is 0 Å². The molecule has 0 spiro atoms. The molecule has 0 saturated heterocycles. The van der Waals surface area contributed by atoms with E-state index in [1.165, 1.54) is 5.69 Å². The van der Waals surface area contributed by atoms with Gasteiger partial charge in [-0.15, -0.1) is 0 Å². The number of hydrogen-bond donors (Lipinski definition) is 1. The van der Waals surface area contributed by atoms with Gasteiger partial charge in [-0.2, -0.15) is 0 Å². The summed E-state index contributed by atoms with van der Waals surface area (Å²) < 4.78 is 0.708. The molecule has 15 heavy (non-hydrogen) atoms. The van der Waals surface area contributed by atoms with Crippen molar-refractivity contribution in [1.82, 2.24) is 9.97 Å². The van der Waals surface area contributed by atoms with Gasteiger partial charge >= 0.3 is 0 Å². The third-order valence-corrected chi connectivity index (χ3v) is 2.29. The standard InChI is InChI=1S/C12H20N2S/c1-8(2)5-10-7-12(15)14-11(13-10)6-9(3)4/h7-9H,5-6H2,1-4H3,(H,13,14,15). The Morgan fingerprint density at radius 3 is 2.33 bits per heavy atom. The lowest BCUT2D eigenvalue weighted by atomic mass is 10.1. The first-order valence-corrected chi connectivity index (χ1v) is 5.97. The topological polar surface area (TPSA) is 28.7 Å². The molecule has 3 heteroatoms. The fourth-order valence-corrected chi connectivity index (χ4v) is 1.85. The van der Waals surface area contributed by atoms with Gasteiger partial charge in [0, 0.05) is 12.1 Å². The predicted molar refractivity (Wildman–Crippen MR) is 66.5 cm³/mol. The summed E-state index contributed by atoms with van der Waals surface area (Å²) in [6, 6.07) is 1.97. The molecule has 0 saturated carbocycles. The molecule has 1 N–H and O–H groups in total. The van der Waals surface area contributed by atoms with Gasteiger partial charge in [0.2, 0.25) is 0 Å². The van der Waals surface area contributed by atoms with Gasteiger partial charge < -0.3 is 4.98 Å². The first-order chi connectivity index (χ1) is 6.97. The van der Waals surface area contributed by atoms with E-state index in [1.807, 2.05) is 6.07 Å². The van der Waals surface area contributed by atoms with Crippen LogP contribution < -0.4 is 0 Å². The van der Waals surface area contributed by atoms with Crippen molar-refractivity contribution in [3.05, 3.63) is 22.2 Å². The molecule has 0 fully saturated rings. The number of nitrogens with zero attached hydrogens (tertiary/aromatic N) is 1. The molecule has 0 radical (unpaired) electrons. The average molecular weight is 224 g/mol. The van der Waals surface area contributed by atoms with Gasteiger partial charge in [-0.3, -0.25) is 0 Å². The van der Waals surface area contributed by atoms with Crippen LogP contribution in [0, 0.1) is 16.5 Å². The van der Waals surface area contributed by atoms with Crippen LogP contribution in [0.5, 0.6) is 0 Å². The highest BCUT2D eigenvalue weighted by Crippen LogP contribution is 2.08. The van der Waals surface area contributed by atoms with Gasteiger partial charge in [-0.25, -0.2) is 4.98 Å². The minimum absolute atomic E-state index is 0.609. The molecule has 0 aliphatic carbocycles. The molecule has 1 aromatic heterocycles. The van der Waals surface area contributed by atoms with Crippen LogP contribution in [0.3, 0.4) is 0 Å². The molecule has 0 bridgehead atoms. The predicted octanol–water partition coefficient (Wildman–Crippen LogP) is 3.54. The first kappa shape index (κ1) is 12.4. The van der Waals surface area contributed by atoms with Crippen LogP contribution in [0.25, 0.3) is 0 Å². The summed E-state index contributed by atoms with van der Waals surface area (Å²) in [6.45, 7) is 8.79. The van der Waals surface area contributed by atoms with Crippen molar-refractivity contribution in [3.8, 4) is 0 Å². The summed E-state index contributed by atoms with van der Waals surface area (Å²) in [7, 11) is 0. The Morgan fingerprint density at radius 2 is 1.80 bits per heavy atom. The van der Waals surface area contributed by atoms with Gasteiger partial charge in [0.15, 0.2) is 0 Å². The molecular weight excluding hydrogens is 204 g/mol. The Labute approximate surface area is 97.1 Å². The molecule has 1 rings (SSSR count). The quantitative estimate of drug-likeness (QED) is 0.792. The number of hydrogen-bond acceptors (Lipinski definition) is 2. The van der Waals surface area contributed by atoms with E-state index in [1.54, 1.807) is 0 Å². The SMILES string of the molecule is CC(C)Cc1cc(=S)nc(CC(C)C)[nH]1. The molecule has 0 aromatic carbocycles. The number of aromatic amines is 1. The van der Waals surface area contributed by atoms with E-state index in [-0.39, 0.29) is 0 Å². The molecule has 0 aliphatic heterocycles. The van der Waals surface area contributed by atoms with Gasteiger partial charge in [-0.1, -0.05) is 39.9 Å². The molecule has 0 unspecified atom stereocenters. The number of nitrogens with one attached hydrogen (secondary N) is 1. The Balaban J connectivity index is 2.90. The zero-order valence-electron chi connectivity index (χ0n) is 10.0. The van der Waals surface area contributed by atoms with E-state index in [2.05, 4.69) is 37.7 Å². The van der Waals surface area contributed by atoms with Crippen molar-refractivity contribution in [2.45, 2.75) is 40.5 Å². The highest BCUT2D eigenvalue weighted by atomic mass is 32.1. The molecule has 0 aliphatic rings. The van der Waals surface area contributed by atoms with Crippen LogP contribution in [-0.2, 0) is 12.8 Å². The monoisotopic (exact) mass is 224 g/mol. The Kier molecular flexibility index (Phi) is 4.45. The second-order valence-electron chi connectivity index (χ2n) is 4.89. The molecule has 2 nitrogen and oxygen atoms in total. The lowest BCUT2D eigenvalue weighted by Crippen LogP contribution is -2.05. The fraction of sp³-hybridized carbons (Fsp3) is 0.667. The number of aromatic nitrogens is 2. The van der Waals surface area contributed by atoms with Gasteiger partial charge in [-0.05, 0) is 24.3 Å². The molecular formula is C12H20N2S. The van der Waals surface area contributed by atoms with Crippen LogP contribution in [0.2, 0.25) is 0 Å². The average Bonchev–Trinajstić information content (AvgIpc) is 1.98. The second kappa shape index (κ2) is 5.40. The van der Waals surface area contributed by atoms with Crippen molar-refractivity contribution >= 4 is 12.2 Å². The van der Waals surface area contributed by atoms with Crippen LogP contribution in [0.15, 0.2) is 6.07 Å². The maximum Gasteiger partial charge on any atom is 0.129 e. The first-order valence-electron chi connectivity index (χ1n) is 5.56. The summed E-state index contributed by atoms with van der Waals surface area (Å²) in [4.78, 5) is 7.71. The van der Waals surface area contributed by atoms with E-state index < -0.39 is 0 Å². The molecule has 1 heterocycles. The molecule has 84 valence electrons. The lowest BCUT2D eigenvalue weighted by molar-refractivity contribution is 0.600. The van der Waals surface area contributed by atoms with Gasteiger partial charge in [0.25, 0.3) is 0 Å². The van der Waals surface area contributed by atoms with Gasteiger partial charge in [0.1, 0.15) is 10.5 Å². The summed E-state index contributed by atoms with van der Waals surface area (Å²) >= 11 is 5.16. The molecule has 0 amide bonds. The smallest absolute Gasteiger partial charge is 0.129 e. The maximum atomic E-state index is 5.16. The van der Waals surface area contributed by atoms with E-state index in [0.717, 1.165) is 18.7 Å². The Morgan fingerprint density at radius 1 is 1.20 bits per heavy atom. The highest BCUT2D eigenvalue weighted by Gasteiger charge is 2.03. The van der Waals surface area contributed by atoms with E-state index in [4.69, 9.17) is 12.2 Å². The summed E-state index contributed by atoms with van der Waals surface area (Å²) in [6.07, 6.45) is 2.01. The van der Waals surface area contributed by atoms with E-state index in [0.29, 0.717) is 16.5 Å². The number of H-pyrrole nitrogens is 1. The van der Waals surface area contributed by atoms with Crippen LogP contribution >= 0.6 is 12.2 Å². The lowest BCUT2D eigenvalue weighted by Gasteiger charge is -2.09. The third kappa shape index (κ3) is 4.56. The van der Waals surface area contributed by atoms with Crippen molar-refractivity contribution < 1.29 is 0 Å². The normalized spacial score (nSPS) is 11.3. The fourth-order valence-electron chi connectivity index (χ4n) is 1.60. The summed E-state index contributed by atoms with van der Waals surface area (Å²) in [5.41, 5.74) is 1.21. The minimum atomic E-state index is 0.609. The number of rotatable bonds is 4. The third-order valence-electron chi connectivity index (χ3n) is 2.08. The maximum absolute atomic E-state index is 5.16. The largest absolute Gasteiger partial charge is 0.347 e. The van der Waals surface area contributed by atoms with Crippen molar-refractivity contribution in [2.24, 2.45) is 11.8 Å². The zero-order valence-corrected chi connectivity index (χ0v) is 10.8. The van der Waals surface area contributed by atoms with Crippen LogP contribution in [0.1, 0.15) is 39.2 Å². The Hall–Kier alpha value is -0.700. The van der Waals surface area contributed by atoms with Crippen molar-refractivity contribution in [3.63, 3.8) is 0 Å². The van der Waals surface area contributed by atoms with Crippen LogP contribution in [0.4, 0.5) is 0 Å². The highest BCUT2D eigenvalue weighted by molar-refractivity contribution is 7.71. The van der Waals surface area contributed by atoms with Crippen LogP contribution in [-0.4, -0.2) is 9.97 Å².